The number of carbonyl (C=O) groups is 4. The van der Waals surface area contributed by atoms with Gasteiger partial charge in [0.25, 0.3) is 0 Å². The molecule has 0 spiro atoms. The number of nitrogens with zero attached hydrogens (tertiary/aromatic N) is 3. The molecule has 0 radical (unpaired) electrons. The Balaban J connectivity index is 0.000000182. The molecule has 47 heavy (non-hydrogen) atoms. The minimum Gasteiger partial charge on any atom is -0.451 e. The molecule has 0 saturated heterocycles. The molecule has 0 N–H and O–H groups in total. The van der Waals surface area contributed by atoms with Crippen molar-refractivity contribution in [2.24, 2.45) is 11.8 Å². The summed E-state index contributed by atoms with van der Waals surface area (Å²) < 4.78 is 11.7. The average Bonchev–Trinajstić information content (AvgIpc) is 3.90. The van der Waals surface area contributed by atoms with E-state index >= 15 is 0 Å². The molecule has 2 aliphatic carbocycles. The zero-order chi connectivity index (χ0) is 34.6. The molecule has 6 rings (SSSR count). The number of halogens is 3. The lowest BCUT2D eigenvalue weighted by atomic mass is 9.96. The van der Waals surface area contributed by atoms with Crippen LogP contribution in [0.25, 0.3) is 0 Å². The topological polar surface area (TPSA) is 96.5 Å². The van der Waals surface area contributed by atoms with E-state index in [1.54, 1.807) is 18.7 Å². The first-order valence-corrected chi connectivity index (χ1v) is 18.2. The summed E-state index contributed by atoms with van der Waals surface area (Å²) in [5, 5.41) is 0. The third kappa shape index (κ3) is 9.95. The van der Waals surface area contributed by atoms with Crippen molar-refractivity contribution in [3.05, 3.63) is 50.9 Å². The van der Waals surface area contributed by atoms with Gasteiger partial charge in [-0.1, -0.05) is 31.9 Å². The van der Waals surface area contributed by atoms with Crippen molar-refractivity contribution in [2.75, 3.05) is 21.2 Å². The maximum atomic E-state index is 12.7. The van der Waals surface area contributed by atoms with Crippen LogP contribution in [-0.4, -0.2) is 54.2 Å². The average molecular weight is 798 g/mol. The minimum absolute atomic E-state index is 0.0727. The number of benzene rings is 2. The highest BCUT2D eigenvalue weighted by Crippen LogP contribution is 2.42. The summed E-state index contributed by atoms with van der Waals surface area (Å²) in [7, 11) is 0. The number of aryl methyl sites for hydroxylation is 1. The first-order chi connectivity index (χ1) is 22.2. The fourth-order valence-corrected chi connectivity index (χ4v) is 6.60. The van der Waals surface area contributed by atoms with Crippen LogP contribution < -0.4 is 14.7 Å². The minimum atomic E-state index is -0.741. The van der Waals surface area contributed by atoms with E-state index < -0.39 is 5.43 Å². The summed E-state index contributed by atoms with van der Waals surface area (Å²) in [5.74, 6) is 0.939. The van der Waals surface area contributed by atoms with Crippen molar-refractivity contribution >= 4 is 83.9 Å². The number of hydrogen-bond acceptors (Lipinski definition) is 6. The molecule has 12 heteroatoms. The van der Waals surface area contributed by atoms with E-state index in [0.717, 1.165) is 64.5 Å². The summed E-state index contributed by atoms with van der Waals surface area (Å²) in [6, 6.07) is 12.2. The van der Waals surface area contributed by atoms with E-state index in [-0.39, 0.29) is 36.2 Å². The number of hydrogen-bond donors (Lipinski definition) is 0. The van der Waals surface area contributed by atoms with Crippen LogP contribution in [0.1, 0.15) is 79.2 Å². The standard InChI is InChI=1S/C17H21BrN2O3.C14H16BrNO.C4H7ClO2/c1-10(2)23-17(22)19-9-11(3)20(16(21)12-4-5-12)14-7-6-13(18)8-15(14)19;1-9-2-3-11-8-12(15)6-7-13(11)16(9)14(17)10-4-5-10;1-3(2)7-4(5)6/h6-8,10-12H,4-5,9H2,1-3H3;6-10H,2-5H2,1H3;3H,1-2H3/t11-;9-;/m00./s1. The number of anilines is 3. The zero-order valence-corrected chi connectivity index (χ0v) is 31.7. The van der Waals surface area contributed by atoms with Gasteiger partial charge in [0.2, 0.25) is 11.8 Å². The summed E-state index contributed by atoms with van der Waals surface area (Å²) >= 11 is 11.8. The molecule has 3 amide bonds. The monoisotopic (exact) mass is 795 g/mol. The predicted octanol–water partition coefficient (Wildman–Crippen LogP) is 9.24. The van der Waals surface area contributed by atoms with Gasteiger partial charge in [0, 0.05) is 50.7 Å². The number of fused-ring (bicyclic) bond motifs is 2. The highest BCUT2D eigenvalue weighted by Gasteiger charge is 2.41. The van der Waals surface area contributed by atoms with Gasteiger partial charge in [-0.2, -0.15) is 0 Å². The molecule has 0 bridgehead atoms. The van der Waals surface area contributed by atoms with Gasteiger partial charge in [-0.25, -0.2) is 9.59 Å². The lowest BCUT2D eigenvalue weighted by molar-refractivity contribution is -0.121. The second-order valence-corrected chi connectivity index (χ2v) is 15.2. The molecule has 9 nitrogen and oxygen atoms in total. The van der Waals surface area contributed by atoms with Crippen LogP contribution in [0.3, 0.4) is 0 Å². The smallest absolute Gasteiger partial charge is 0.414 e. The Hall–Kier alpha value is -2.63. The molecule has 256 valence electrons. The van der Waals surface area contributed by atoms with E-state index in [0.29, 0.717) is 24.4 Å². The predicted molar refractivity (Wildman–Crippen MR) is 192 cm³/mol. The molecule has 0 unspecified atom stereocenters. The van der Waals surface area contributed by atoms with Crippen molar-refractivity contribution in [1.29, 1.82) is 0 Å². The quantitative estimate of drug-likeness (QED) is 0.287. The van der Waals surface area contributed by atoms with Crippen LogP contribution in [0.2, 0.25) is 0 Å². The Morgan fingerprint density at radius 2 is 1.23 bits per heavy atom. The maximum Gasteiger partial charge on any atom is 0.414 e. The van der Waals surface area contributed by atoms with Gasteiger partial charge in [0.05, 0.1) is 29.6 Å². The van der Waals surface area contributed by atoms with Crippen LogP contribution in [-0.2, 0) is 25.5 Å². The van der Waals surface area contributed by atoms with Gasteiger partial charge in [0.1, 0.15) is 0 Å². The zero-order valence-electron chi connectivity index (χ0n) is 27.8. The third-order valence-corrected chi connectivity index (χ3v) is 9.24. The van der Waals surface area contributed by atoms with Crippen LogP contribution in [0.15, 0.2) is 45.3 Å². The van der Waals surface area contributed by atoms with E-state index in [1.807, 2.05) is 54.8 Å². The van der Waals surface area contributed by atoms with Crippen molar-refractivity contribution in [3.8, 4) is 0 Å². The SMILES string of the molecule is CC(C)OC(=O)Cl.CC(C)OC(=O)N1C[C@H](C)N(C(=O)C2CC2)c2ccc(Br)cc21.C[C@H]1CCc2cc(Br)ccc2N1C(=O)C1CC1. The number of ether oxygens (including phenoxy) is 2. The van der Waals surface area contributed by atoms with Gasteiger partial charge in [-0.15, -0.1) is 0 Å². The second-order valence-electron chi connectivity index (χ2n) is 13.1. The van der Waals surface area contributed by atoms with Crippen LogP contribution in [0.5, 0.6) is 0 Å². The Labute approximate surface area is 299 Å². The van der Waals surface area contributed by atoms with E-state index in [4.69, 9.17) is 16.3 Å². The van der Waals surface area contributed by atoms with Gasteiger partial charge in [-0.3, -0.25) is 14.5 Å². The van der Waals surface area contributed by atoms with Gasteiger partial charge in [0.15, 0.2) is 0 Å². The Morgan fingerprint density at radius 1 is 0.723 bits per heavy atom. The first-order valence-electron chi connectivity index (χ1n) is 16.3. The van der Waals surface area contributed by atoms with Gasteiger partial charge < -0.3 is 19.3 Å². The molecule has 2 aliphatic heterocycles. The molecule has 2 atom stereocenters. The van der Waals surface area contributed by atoms with Crippen molar-refractivity contribution in [1.82, 2.24) is 0 Å². The normalized spacial score (nSPS) is 19.9. The lowest BCUT2D eigenvalue weighted by Gasteiger charge is -2.41. The highest BCUT2D eigenvalue weighted by molar-refractivity contribution is 9.10. The van der Waals surface area contributed by atoms with Gasteiger partial charge in [-0.05, 0) is 122 Å². The fraction of sp³-hybridized carbons (Fsp3) is 0.543. The lowest BCUT2D eigenvalue weighted by Crippen LogP contribution is -2.52. The first kappa shape index (κ1) is 37.2. The number of carbonyl (C=O) groups excluding carboxylic acids is 4. The van der Waals surface area contributed by atoms with E-state index in [1.165, 1.54) is 5.56 Å². The Bertz CT molecular complexity index is 1480. The summed E-state index contributed by atoms with van der Waals surface area (Å²) in [6.07, 6.45) is 5.57. The fourth-order valence-electron chi connectivity index (χ4n) is 5.67. The van der Waals surface area contributed by atoms with E-state index in [9.17, 15) is 19.2 Å². The summed E-state index contributed by atoms with van der Waals surface area (Å²) in [6.45, 7) is 11.7. The second kappa shape index (κ2) is 16.2. The van der Waals surface area contributed by atoms with Crippen LogP contribution in [0.4, 0.5) is 26.7 Å². The molecule has 2 heterocycles. The number of amides is 3. The van der Waals surface area contributed by atoms with Crippen LogP contribution >= 0.6 is 43.5 Å². The van der Waals surface area contributed by atoms with Crippen molar-refractivity contribution < 1.29 is 28.7 Å². The summed E-state index contributed by atoms with van der Waals surface area (Å²) in [5.41, 5.74) is 3.19. The molecular formula is C35H44Br2ClN3O6. The largest absolute Gasteiger partial charge is 0.451 e. The summed E-state index contributed by atoms with van der Waals surface area (Å²) in [4.78, 5) is 52.7. The Kier molecular flexibility index (Phi) is 12.8. The molecule has 2 aromatic carbocycles. The molecule has 2 aromatic rings. The van der Waals surface area contributed by atoms with Crippen molar-refractivity contribution in [2.45, 2.75) is 104 Å². The maximum absolute atomic E-state index is 12.7. The molecule has 2 fully saturated rings. The van der Waals surface area contributed by atoms with Gasteiger partial charge >= 0.3 is 11.5 Å². The van der Waals surface area contributed by atoms with Crippen molar-refractivity contribution in [3.63, 3.8) is 0 Å². The molecular weight excluding hydrogens is 754 g/mol. The molecule has 2 saturated carbocycles. The Morgan fingerprint density at radius 3 is 1.72 bits per heavy atom. The van der Waals surface area contributed by atoms with E-state index in [2.05, 4.69) is 55.7 Å². The third-order valence-electron chi connectivity index (χ3n) is 8.16. The molecule has 4 aliphatic rings. The highest BCUT2D eigenvalue weighted by atomic mass is 79.9. The molecule has 0 aromatic heterocycles. The van der Waals surface area contributed by atoms with Crippen LogP contribution in [0, 0.1) is 11.8 Å². The number of rotatable bonds is 4.